The summed E-state index contributed by atoms with van der Waals surface area (Å²) in [6.07, 6.45) is 15.0. The van der Waals surface area contributed by atoms with Crippen LogP contribution in [-0.4, -0.2) is 106 Å². The number of piperazine rings is 1. The summed E-state index contributed by atoms with van der Waals surface area (Å²) in [7, 11) is 0. The minimum Gasteiger partial charge on any atom is -0.371 e. The van der Waals surface area contributed by atoms with Gasteiger partial charge >= 0.3 is 0 Å². The van der Waals surface area contributed by atoms with Gasteiger partial charge in [0, 0.05) is 87.3 Å². The number of likely N-dealkylation sites (tertiary alicyclic amines) is 1. The number of aromatic nitrogens is 4. The number of benzene rings is 1. The number of nitrogens with zero attached hydrogens (tertiary/aromatic N) is 8. The van der Waals surface area contributed by atoms with Crippen LogP contribution in [-0.2, 0) is 9.59 Å². The first-order valence-corrected chi connectivity index (χ1v) is 20.9. The van der Waals surface area contributed by atoms with Gasteiger partial charge in [-0.15, -0.1) is 0 Å². The SMILES string of the molecule is Cc1cc2cnc(Nc3ccc(N4CCN(CC5CCN(C6CCN(c7ccc(C8CCC(=O)NC8=O)cc7)CC6)CC5)CC4)cn3)nc2n1C1CCCC1. The highest BCUT2D eigenvalue weighted by Gasteiger charge is 2.31. The van der Waals surface area contributed by atoms with Gasteiger partial charge in [0.1, 0.15) is 11.5 Å². The Bertz CT molecular complexity index is 1950. The molecular formula is C43H56N10O2. The summed E-state index contributed by atoms with van der Waals surface area (Å²) in [5, 5.41) is 6.94. The molecule has 1 atom stereocenters. The van der Waals surface area contributed by atoms with Crippen molar-refractivity contribution in [3.8, 4) is 0 Å². The highest BCUT2D eigenvalue weighted by molar-refractivity contribution is 6.01. The largest absolute Gasteiger partial charge is 0.371 e. The molecule has 4 aromatic rings. The van der Waals surface area contributed by atoms with Gasteiger partial charge in [0.15, 0.2) is 0 Å². The van der Waals surface area contributed by atoms with E-state index in [2.05, 4.69) is 89.2 Å². The van der Waals surface area contributed by atoms with Crippen molar-refractivity contribution < 1.29 is 9.59 Å². The van der Waals surface area contributed by atoms with E-state index in [0.29, 0.717) is 30.9 Å². The number of imide groups is 1. The van der Waals surface area contributed by atoms with Crippen molar-refractivity contribution in [1.82, 2.24) is 34.6 Å². The summed E-state index contributed by atoms with van der Waals surface area (Å²) < 4.78 is 2.41. The lowest BCUT2D eigenvalue weighted by Crippen LogP contribution is -2.51. The van der Waals surface area contributed by atoms with E-state index in [1.165, 1.54) is 88.1 Å². The molecule has 12 heteroatoms. The second-order valence-corrected chi connectivity index (χ2v) is 16.7. The molecule has 1 aliphatic carbocycles. The van der Waals surface area contributed by atoms with Crippen LogP contribution < -0.4 is 20.4 Å². The number of carbonyl (C=O) groups is 2. The van der Waals surface area contributed by atoms with Crippen LogP contribution in [0.1, 0.15) is 87.4 Å². The summed E-state index contributed by atoms with van der Waals surface area (Å²) in [6.45, 7) is 12.2. The Hall–Kier alpha value is -4.55. The number of rotatable bonds is 9. The number of pyridine rings is 1. The van der Waals surface area contributed by atoms with E-state index >= 15 is 0 Å². The van der Waals surface area contributed by atoms with Gasteiger partial charge in [0.05, 0.1) is 17.8 Å². The number of hydrogen-bond acceptors (Lipinski definition) is 10. The van der Waals surface area contributed by atoms with Crippen LogP contribution in [0.4, 0.5) is 23.1 Å². The van der Waals surface area contributed by atoms with Gasteiger partial charge in [-0.25, -0.2) is 9.97 Å². The molecule has 1 unspecified atom stereocenters. The van der Waals surface area contributed by atoms with Gasteiger partial charge in [-0.1, -0.05) is 25.0 Å². The molecular weight excluding hydrogens is 689 g/mol. The van der Waals surface area contributed by atoms with Gasteiger partial charge < -0.3 is 24.6 Å². The minimum absolute atomic E-state index is 0.161. The lowest BCUT2D eigenvalue weighted by atomic mass is 9.90. The molecule has 2 amide bonds. The maximum atomic E-state index is 12.3. The zero-order chi connectivity index (χ0) is 37.3. The van der Waals surface area contributed by atoms with Gasteiger partial charge in [0.2, 0.25) is 17.8 Å². The topological polar surface area (TPSA) is 115 Å². The lowest BCUT2D eigenvalue weighted by molar-refractivity contribution is -0.134. The van der Waals surface area contributed by atoms with E-state index in [9.17, 15) is 9.59 Å². The summed E-state index contributed by atoms with van der Waals surface area (Å²) in [6, 6.07) is 16.1. The van der Waals surface area contributed by atoms with Crippen LogP contribution >= 0.6 is 0 Å². The Morgan fingerprint density at radius 1 is 0.745 bits per heavy atom. The number of aryl methyl sites for hydroxylation is 1. The Kier molecular flexibility index (Phi) is 10.4. The second kappa shape index (κ2) is 15.9. The number of amides is 2. The minimum atomic E-state index is -0.220. The third kappa shape index (κ3) is 7.94. The zero-order valence-corrected chi connectivity index (χ0v) is 32.3. The molecule has 0 spiro atoms. The van der Waals surface area contributed by atoms with Crippen molar-refractivity contribution in [2.75, 3.05) is 74.0 Å². The molecule has 5 aliphatic rings. The van der Waals surface area contributed by atoms with E-state index in [4.69, 9.17) is 9.97 Å². The monoisotopic (exact) mass is 744 g/mol. The summed E-state index contributed by atoms with van der Waals surface area (Å²) >= 11 is 0. The third-order valence-electron chi connectivity index (χ3n) is 13.2. The number of hydrogen-bond donors (Lipinski definition) is 2. The van der Waals surface area contributed by atoms with Gasteiger partial charge in [-0.3, -0.25) is 19.8 Å². The standard InChI is InChI=1S/C43H56N10O2/c1-30-26-33-27-45-43(48-41(33)53(30)36-4-2-3-5-36)46-39-12-10-37(28-44-39)52-24-22-49(23-25-52)29-31-14-18-50(19-15-31)35-16-20-51(21-17-35)34-8-6-32(7-9-34)38-11-13-40(54)47-42(38)55/h6-10,12,26-28,31,35-36,38H,2-5,11,13-25,29H2,1H3,(H,47,54,55)(H,44,45,46,48). The lowest BCUT2D eigenvalue weighted by Gasteiger charge is -2.43. The normalized spacial score (nSPS) is 22.8. The fourth-order valence-electron chi connectivity index (χ4n) is 10.1. The predicted octanol–water partition coefficient (Wildman–Crippen LogP) is 6.02. The number of carbonyl (C=O) groups excluding carboxylic acids is 2. The van der Waals surface area contributed by atoms with E-state index < -0.39 is 0 Å². The highest BCUT2D eigenvalue weighted by Crippen LogP contribution is 2.35. The second-order valence-electron chi connectivity index (χ2n) is 16.7. The Morgan fingerprint density at radius 2 is 1.47 bits per heavy atom. The summed E-state index contributed by atoms with van der Waals surface area (Å²) in [4.78, 5) is 48.5. The molecule has 5 fully saturated rings. The molecule has 0 bridgehead atoms. The fraction of sp³-hybridized carbons (Fsp3) is 0.558. The Labute approximate surface area is 324 Å². The van der Waals surface area contributed by atoms with Crippen LogP contribution in [0.25, 0.3) is 11.0 Å². The summed E-state index contributed by atoms with van der Waals surface area (Å²) in [5.74, 6) is 1.61. The molecule has 2 N–H and O–H groups in total. The summed E-state index contributed by atoms with van der Waals surface area (Å²) in [5.41, 5.74) is 5.70. The van der Waals surface area contributed by atoms with Crippen molar-refractivity contribution in [3.63, 3.8) is 0 Å². The zero-order valence-electron chi connectivity index (χ0n) is 32.3. The molecule has 3 aromatic heterocycles. The van der Waals surface area contributed by atoms with Gasteiger partial charge in [0.25, 0.3) is 0 Å². The van der Waals surface area contributed by atoms with E-state index in [-0.39, 0.29) is 17.7 Å². The molecule has 12 nitrogen and oxygen atoms in total. The third-order valence-corrected chi connectivity index (χ3v) is 13.2. The van der Waals surface area contributed by atoms with Gasteiger partial charge in [-0.05, 0) is 107 Å². The maximum absolute atomic E-state index is 12.3. The Balaban J connectivity index is 0.696. The first-order valence-electron chi connectivity index (χ1n) is 20.9. The van der Waals surface area contributed by atoms with Crippen LogP contribution in [0.3, 0.4) is 0 Å². The molecule has 290 valence electrons. The molecule has 4 saturated heterocycles. The first kappa shape index (κ1) is 36.1. The van der Waals surface area contributed by atoms with Crippen LogP contribution in [0, 0.1) is 12.8 Å². The molecule has 0 radical (unpaired) electrons. The number of fused-ring (bicyclic) bond motifs is 1. The van der Waals surface area contributed by atoms with Crippen LogP contribution in [0.15, 0.2) is 54.9 Å². The van der Waals surface area contributed by atoms with E-state index in [1.807, 2.05) is 12.4 Å². The van der Waals surface area contributed by atoms with E-state index in [0.717, 1.165) is 67.6 Å². The molecule has 1 saturated carbocycles. The maximum Gasteiger partial charge on any atom is 0.234 e. The molecule has 55 heavy (non-hydrogen) atoms. The van der Waals surface area contributed by atoms with Crippen molar-refractivity contribution in [2.45, 2.75) is 89.1 Å². The van der Waals surface area contributed by atoms with Crippen molar-refractivity contribution in [3.05, 3.63) is 66.1 Å². The number of nitrogens with one attached hydrogen (secondary N) is 2. The molecule has 9 rings (SSSR count). The Morgan fingerprint density at radius 3 is 2.18 bits per heavy atom. The highest BCUT2D eigenvalue weighted by atomic mass is 16.2. The molecule has 4 aliphatic heterocycles. The quantitative estimate of drug-likeness (QED) is 0.198. The molecule has 1 aromatic carbocycles. The fourth-order valence-corrected chi connectivity index (χ4v) is 10.1. The number of piperidine rings is 3. The van der Waals surface area contributed by atoms with Crippen molar-refractivity contribution >= 4 is 46.0 Å². The first-order chi connectivity index (χ1) is 26.9. The van der Waals surface area contributed by atoms with E-state index in [1.54, 1.807) is 0 Å². The smallest absolute Gasteiger partial charge is 0.234 e. The van der Waals surface area contributed by atoms with Crippen LogP contribution in [0.2, 0.25) is 0 Å². The van der Waals surface area contributed by atoms with Crippen molar-refractivity contribution in [1.29, 1.82) is 0 Å². The van der Waals surface area contributed by atoms with Gasteiger partial charge in [-0.2, -0.15) is 4.98 Å². The van der Waals surface area contributed by atoms with Crippen molar-refractivity contribution in [2.24, 2.45) is 5.92 Å². The average molecular weight is 745 g/mol. The molecule has 7 heterocycles. The average Bonchev–Trinajstić information content (AvgIpc) is 3.86. The predicted molar refractivity (Wildman–Crippen MR) is 217 cm³/mol. The van der Waals surface area contributed by atoms with Crippen LogP contribution in [0.5, 0.6) is 0 Å². The number of anilines is 4.